The van der Waals surface area contributed by atoms with E-state index in [9.17, 15) is 4.79 Å². The summed E-state index contributed by atoms with van der Waals surface area (Å²) in [6.07, 6.45) is 0. The average molecular weight is 319 g/mol. The van der Waals surface area contributed by atoms with E-state index in [2.05, 4.69) is 5.16 Å². The highest BCUT2D eigenvalue weighted by molar-refractivity contribution is 5.81. The van der Waals surface area contributed by atoms with Crippen LogP contribution in [-0.2, 0) is 0 Å². The van der Waals surface area contributed by atoms with Gasteiger partial charge in [-0.1, -0.05) is 35.5 Å². The highest BCUT2D eigenvalue weighted by atomic mass is 16.5. The Morgan fingerprint density at radius 2 is 1.88 bits per heavy atom. The maximum atomic E-state index is 12.2. The predicted octanol–water partition coefficient (Wildman–Crippen LogP) is 4.12. The van der Waals surface area contributed by atoms with Crippen LogP contribution < -0.4 is 10.4 Å². The number of benzene rings is 2. The molecular formula is C19H13NO4. The van der Waals surface area contributed by atoms with Gasteiger partial charge < -0.3 is 13.7 Å². The molecule has 0 saturated heterocycles. The molecule has 0 aliphatic rings. The molecule has 24 heavy (non-hydrogen) atoms. The Bertz CT molecular complexity index is 1080. The Balaban J connectivity index is 1.80. The summed E-state index contributed by atoms with van der Waals surface area (Å²) in [6, 6.07) is 18.3. The fraction of sp³-hybridized carbons (Fsp3) is 0.0526. The number of rotatable bonds is 3. The van der Waals surface area contributed by atoms with Crippen molar-refractivity contribution >= 4 is 11.0 Å². The number of hydrogen-bond acceptors (Lipinski definition) is 5. The second-order valence-corrected chi connectivity index (χ2v) is 5.29. The summed E-state index contributed by atoms with van der Waals surface area (Å²) in [5.41, 5.74) is 1.89. The molecule has 4 aromatic rings. The van der Waals surface area contributed by atoms with Crippen molar-refractivity contribution in [1.82, 2.24) is 5.16 Å². The first kappa shape index (κ1) is 14.3. The fourth-order valence-electron chi connectivity index (χ4n) is 2.55. The molecule has 0 aliphatic heterocycles. The first-order valence-corrected chi connectivity index (χ1v) is 7.39. The van der Waals surface area contributed by atoms with Gasteiger partial charge in [0.1, 0.15) is 22.6 Å². The lowest BCUT2D eigenvalue weighted by Crippen LogP contribution is -2.01. The van der Waals surface area contributed by atoms with Crippen molar-refractivity contribution in [2.24, 2.45) is 0 Å². The SMILES string of the molecule is COc1cccc(-c2cc(-c3cc4ccccc4oc3=O)on2)c1. The second-order valence-electron chi connectivity index (χ2n) is 5.29. The van der Waals surface area contributed by atoms with Crippen LogP contribution in [0.15, 0.2) is 74.4 Å². The molecule has 0 radical (unpaired) electrons. The monoisotopic (exact) mass is 319 g/mol. The molecular weight excluding hydrogens is 306 g/mol. The van der Waals surface area contributed by atoms with Gasteiger partial charge in [-0.25, -0.2) is 4.79 Å². The zero-order valence-corrected chi connectivity index (χ0v) is 12.9. The van der Waals surface area contributed by atoms with Gasteiger partial charge in [0, 0.05) is 17.0 Å². The standard InChI is InChI=1S/C19H13NO4/c1-22-14-7-4-6-12(9-14)16-11-18(24-20-16)15-10-13-5-2-3-8-17(13)23-19(15)21/h2-11H,1H3. The topological polar surface area (TPSA) is 65.5 Å². The molecule has 0 N–H and O–H groups in total. The summed E-state index contributed by atoms with van der Waals surface area (Å²) in [7, 11) is 1.60. The molecule has 0 bridgehead atoms. The lowest BCUT2D eigenvalue weighted by Gasteiger charge is -2.00. The lowest BCUT2D eigenvalue weighted by molar-refractivity contribution is 0.414. The molecule has 0 unspecified atom stereocenters. The third kappa shape index (κ3) is 2.46. The number of aromatic nitrogens is 1. The number of ether oxygens (including phenoxy) is 1. The van der Waals surface area contributed by atoms with Crippen molar-refractivity contribution in [2.45, 2.75) is 0 Å². The molecule has 0 saturated carbocycles. The van der Waals surface area contributed by atoms with E-state index in [0.717, 1.165) is 16.7 Å². The highest BCUT2D eigenvalue weighted by Crippen LogP contribution is 2.28. The van der Waals surface area contributed by atoms with E-state index in [1.54, 1.807) is 25.3 Å². The van der Waals surface area contributed by atoms with Crippen LogP contribution in [0, 0.1) is 0 Å². The summed E-state index contributed by atoms with van der Waals surface area (Å²) in [4.78, 5) is 12.2. The third-order valence-electron chi connectivity index (χ3n) is 3.78. The van der Waals surface area contributed by atoms with E-state index < -0.39 is 5.63 Å². The largest absolute Gasteiger partial charge is 0.497 e. The van der Waals surface area contributed by atoms with Gasteiger partial charge in [0.15, 0.2) is 5.76 Å². The maximum Gasteiger partial charge on any atom is 0.347 e. The summed E-state index contributed by atoms with van der Waals surface area (Å²) in [5, 5.41) is 4.87. The minimum atomic E-state index is -0.456. The molecule has 5 heteroatoms. The van der Waals surface area contributed by atoms with Crippen molar-refractivity contribution < 1.29 is 13.7 Å². The smallest absolute Gasteiger partial charge is 0.347 e. The Morgan fingerprint density at radius 1 is 1.00 bits per heavy atom. The van der Waals surface area contributed by atoms with Crippen LogP contribution in [0.3, 0.4) is 0 Å². The number of nitrogens with zero attached hydrogens (tertiary/aromatic N) is 1. The van der Waals surface area contributed by atoms with E-state index in [4.69, 9.17) is 13.7 Å². The van der Waals surface area contributed by atoms with Crippen LogP contribution >= 0.6 is 0 Å². The second kappa shape index (κ2) is 5.70. The number of para-hydroxylation sites is 1. The van der Waals surface area contributed by atoms with Crippen LogP contribution in [0.25, 0.3) is 33.6 Å². The van der Waals surface area contributed by atoms with Gasteiger partial charge in [-0.05, 0) is 24.3 Å². The normalized spacial score (nSPS) is 10.9. The Labute approximate surface area is 137 Å². The molecule has 0 spiro atoms. The van der Waals surface area contributed by atoms with Gasteiger partial charge in [0.05, 0.1) is 7.11 Å². The highest BCUT2D eigenvalue weighted by Gasteiger charge is 2.14. The number of methoxy groups -OCH3 is 1. The van der Waals surface area contributed by atoms with Gasteiger partial charge >= 0.3 is 5.63 Å². The minimum Gasteiger partial charge on any atom is -0.497 e. The molecule has 2 heterocycles. The summed E-state index contributed by atoms with van der Waals surface area (Å²) >= 11 is 0. The summed E-state index contributed by atoms with van der Waals surface area (Å²) < 4.78 is 15.9. The fourth-order valence-corrected chi connectivity index (χ4v) is 2.55. The van der Waals surface area contributed by atoms with E-state index in [1.165, 1.54) is 0 Å². The van der Waals surface area contributed by atoms with E-state index in [0.29, 0.717) is 22.6 Å². The zero-order valence-electron chi connectivity index (χ0n) is 12.9. The molecule has 0 atom stereocenters. The maximum absolute atomic E-state index is 12.2. The molecule has 5 nitrogen and oxygen atoms in total. The Hall–Kier alpha value is -3.34. The molecule has 118 valence electrons. The first-order chi connectivity index (χ1) is 11.7. The van der Waals surface area contributed by atoms with Gasteiger partial charge in [-0.2, -0.15) is 0 Å². The van der Waals surface area contributed by atoms with Crippen molar-refractivity contribution in [3.63, 3.8) is 0 Å². The Kier molecular flexibility index (Phi) is 3.39. The van der Waals surface area contributed by atoms with Crippen LogP contribution in [-0.4, -0.2) is 12.3 Å². The van der Waals surface area contributed by atoms with Gasteiger partial charge in [0.2, 0.25) is 0 Å². The first-order valence-electron chi connectivity index (χ1n) is 7.39. The number of hydrogen-bond donors (Lipinski definition) is 0. The van der Waals surface area contributed by atoms with Crippen LogP contribution in [0.2, 0.25) is 0 Å². The van der Waals surface area contributed by atoms with Crippen LogP contribution in [0.5, 0.6) is 5.75 Å². The van der Waals surface area contributed by atoms with Crippen molar-refractivity contribution in [1.29, 1.82) is 0 Å². The van der Waals surface area contributed by atoms with Crippen LogP contribution in [0.4, 0.5) is 0 Å². The molecule has 2 aromatic carbocycles. The summed E-state index contributed by atoms with van der Waals surface area (Å²) in [6.45, 7) is 0. The van der Waals surface area contributed by atoms with Gasteiger partial charge in [-0.15, -0.1) is 0 Å². The molecule has 0 aliphatic carbocycles. The lowest BCUT2D eigenvalue weighted by atomic mass is 10.1. The predicted molar refractivity (Wildman–Crippen MR) is 90.0 cm³/mol. The van der Waals surface area contributed by atoms with E-state index in [1.807, 2.05) is 42.5 Å². The molecule has 2 aromatic heterocycles. The quantitative estimate of drug-likeness (QED) is 0.531. The average Bonchev–Trinajstić information content (AvgIpc) is 3.11. The van der Waals surface area contributed by atoms with Gasteiger partial charge in [0.25, 0.3) is 0 Å². The third-order valence-corrected chi connectivity index (χ3v) is 3.78. The number of fused-ring (bicyclic) bond motifs is 1. The van der Waals surface area contributed by atoms with Crippen molar-refractivity contribution in [3.05, 3.63) is 71.1 Å². The van der Waals surface area contributed by atoms with Gasteiger partial charge in [-0.3, -0.25) is 0 Å². The van der Waals surface area contributed by atoms with Crippen molar-refractivity contribution in [3.8, 4) is 28.3 Å². The summed E-state index contributed by atoms with van der Waals surface area (Å²) in [5.74, 6) is 1.09. The molecule has 0 amide bonds. The molecule has 0 fully saturated rings. The zero-order chi connectivity index (χ0) is 16.5. The van der Waals surface area contributed by atoms with E-state index in [-0.39, 0.29) is 0 Å². The van der Waals surface area contributed by atoms with E-state index >= 15 is 0 Å². The van der Waals surface area contributed by atoms with Crippen LogP contribution in [0.1, 0.15) is 0 Å². The van der Waals surface area contributed by atoms with Crippen molar-refractivity contribution in [2.75, 3.05) is 7.11 Å². The Morgan fingerprint density at radius 3 is 2.75 bits per heavy atom. The minimum absolute atomic E-state index is 0.343. The molecule has 4 rings (SSSR count).